The smallest absolute Gasteiger partial charge is 0.395 e. The number of rotatable bonds is 5. The summed E-state index contributed by atoms with van der Waals surface area (Å²) in [5.41, 5.74) is -2.28. The number of amides is 2. The molecule has 2 atom stereocenters. The van der Waals surface area contributed by atoms with Gasteiger partial charge < -0.3 is 30.5 Å². The number of pyridine rings is 1. The molecular weight excluding hydrogens is 614 g/mol. The molecule has 1 unspecified atom stereocenters. The van der Waals surface area contributed by atoms with E-state index in [1.165, 1.54) is 28.0 Å². The van der Waals surface area contributed by atoms with Crippen molar-refractivity contribution in [3.63, 3.8) is 0 Å². The number of benzene rings is 2. The van der Waals surface area contributed by atoms with Crippen LogP contribution in [0.4, 0.5) is 23.2 Å². The lowest BCUT2D eigenvalue weighted by Gasteiger charge is -2.34. The van der Waals surface area contributed by atoms with Crippen LogP contribution in [0.1, 0.15) is 32.7 Å². The zero-order valence-electron chi connectivity index (χ0n) is 21.5. The highest BCUT2D eigenvalue weighted by Crippen LogP contribution is 2.42. The quantitative estimate of drug-likeness (QED) is 0.319. The maximum absolute atomic E-state index is 14.3. The Kier molecular flexibility index (Phi) is 8.08. The molecule has 2 fully saturated rings. The number of carbonyl (C=O) groups excluding carboxylic acids is 2. The number of aromatic nitrogens is 1. The Hall–Kier alpha value is -3.49. The molecule has 1 aromatic heterocycles. The van der Waals surface area contributed by atoms with E-state index in [1.54, 1.807) is 0 Å². The topological polar surface area (TPSA) is 118 Å². The summed E-state index contributed by atoms with van der Waals surface area (Å²) in [7, 11) is 0. The average Bonchev–Trinajstić information content (AvgIpc) is 3.39. The Balaban J connectivity index is 1.44. The van der Waals surface area contributed by atoms with Crippen molar-refractivity contribution in [1.29, 1.82) is 0 Å². The van der Waals surface area contributed by atoms with Crippen molar-refractivity contribution >= 4 is 44.3 Å². The van der Waals surface area contributed by atoms with Gasteiger partial charge in [0.05, 0.1) is 34.5 Å². The maximum Gasteiger partial charge on any atom is 0.418 e. The highest BCUT2D eigenvalue weighted by Gasteiger charge is 2.40. The van der Waals surface area contributed by atoms with E-state index < -0.39 is 47.0 Å². The SMILES string of the molecule is O=C(N[C@@H]1CCN(c2c(C(=O)N3CCNC(CO)C3)cc(Br)cc2C(F)(F)F)C1)c1cc(=O)[nH]c2c(F)cccc12. The highest BCUT2D eigenvalue weighted by atomic mass is 79.9. The monoisotopic (exact) mass is 639 g/mol. The Morgan fingerprint density at radius 3 is 2.63 bits per heavy atom. The van der Waals surface area contributed by atoms with Crippen molar-refractivity contribution in [2.24, 2.45) is 0 Å². The van der Waals surface area contributed by atoms with Gasteiger partial charge in [-0.25, -0.2) is 4.39 Å². The van der Waals surface area contributed by atoms with E-state index in [2.05, 4.69) is 31.5 Å². The van der Waals surface area contributed by atoms with E-state index in [1.807, 2.05) is 0 Å². The zero-order chi connectivity index (χ0) is 29.5. The van der Waals surface area contributed by atoms with Crippen molar-refractivity contribution in [2.45, 2.75) is 24.7 Å². The molecule has 9 nitrogen and oxygen atoms in total. The summed E-state index contributed by atoms with van der Waals surface area (Å²) in [6, 6.07) is 6.34. The molecule has 2 aliphatic rings. The van der Waals surface area contributed by atoms with Gasteiger partial charge in [0, 0.05) is 60.7 Å². The fraction of sp³-hybridized carbons (Fsp3) is 0.370. The minimum Gasteiger partial charge on any atom is -0.395 e. The molecule has 2 aliphatic heterocycles. The zero-order valence-corrected chi connectivity index (χ0v) is 23.1. The number of nitrogens with one attached hydrogen (secondary N) is 3. The second-order valence-electron chi connectivity index (χ2n) is 10.0. The first kappa shape index (κ1) is 29.0. The van der Waals surface area contributed by atoms with Crippen molar-refractivity contribution in [3.05, 3.63) is 73.7 Å². The number of piperazine rings is 1. The number of H-pyrrole nitrogens is 1. The average molecular weight is 640 g/mol. The molecule has 0 bridgehead atoms. The molecule has 2 saturated heterocycles. The number of hydrogen-bond acceptors (Lipinski definition) is 6. The van der Waals surface area contributed by atoms with Crippen LogP contribution in [0.25, 0.3) is 10.9 Å². The minimum atomic E-state index is -4.78. The lowest BCUT2D eigenvalue weighted by Crippen LogP contribution is -2.54. The number of halogens is 5. The summed E-state index contributed by atoms with van der Waals surface area (Å²) in [4.78, 5) is 44.0. The number of aliphatic hydroxyl groups is 1. The summed E-state index contributed by atoms with van der Waals surface area (Å²) >= 11 is 3.11. The molecule has 0 radical (unpaired) electrons. The Morgan fingerprint density at radius 2 is 1.90 bits per heavy atom. The second kappa shape index (κ2) is 11.4. The van der Waals surface area contributed by atoms with Crippen molar-refractivity contribution in [1.82, 2.24) is 20.5 Å². The van der Waals surface area contributed by atoms with Crippen LogP contribution in [0, 0.1) is 5.82 Å². The van der Waals surface area contributed by atoms with Crippen LogP contribution in [-0.2, 0) is 6.18 Å². The summed E-state index contributed by atoms with van der Waals surface area (Å²) in [6.07, 6.45) is -4.51. The minimum absolute atomic E-state index is 0.0347. The van der Waals surface area contributed by atoms with Gasteiger partial charge in [-0.05, 0) is 24.6 Å². The first-order valence-electron chi connectivity index (χ1n) is 12.9. The first-order chi connectivity index (χ1) is 19.5. The number of fused-ring (bicyclic) bond motifs is 1. The predicted molar refractivity (Wildman–Crippen MR) is 147 cm³/mol. The van der Waals surface area contributed by atoms with Crippen molar-refractivity contribution in [2.75, 3.05) is 44.2 Å². The molecule has 2 aromatic carbocycles. The molecule has 0 saturated carbocycles. The molecule has 41 heavy (non-hydrogen) atoms. The van der Waals surface area contributed by atoms with Gasteiger partial charge in [-0.2, -0.15) is 13.2 Å². The number of anilines is 1. The Bertz CT molecular complexity index is 1560. The largest absolute Gasteiger partial charge is 0.418 e. The number of alkyl halides is 3. The third-order valence-corrected chi connectivity index (χ3v) is 7.74. The fourth-order valence-corrected chi connectivity index (χ4v) is 5.86. The van der Waals surface area contributed by atoms with E-state index in [9.17, 15) is 37.1 Å². The third kappa shape index (κ3) is 5.95. The van der Waals surface area contributed by atoms with Gasteiger partial charge in [-0.15, -0.1) is 0 Å². The van der Waals surface area contributed by atoms with Gasteiger partial charge in [0.1, 0.15) is 5.82 Å². The summed E-state index contributed by atoms with van der Waals surface area (Å²) < 4.78 is 57.2. The molecule has 3 heterocycles. The summed E-state index contributed by atoms with van der Waals surface area (Å²) in [6.45, 7) is 0.615. The Labute approximate surface area is 239 Å². The van der Waals surface area contributed by atoms with Crippen LogP contribution < -0.4 is 21.1 Å². The van der Waals surface area contributed by atoms with Gasteiger partial charge in [-0.3, -0.25) is 14.4 Å². The van der Waals surface area contributed by atoms with Crippen LogP contribution in [0.3, 0.4) is 0 Å². The molecule has 218 valence electrons. The first-order valence-corrected chi connectivity index (χ1v) is 13.7. The van der Waals surface area contributed by atoms with Crippen LogP contribution in [-0.4, -0.2) is 78.2 Å². The molecule has 0 spiro atoms. The second-order valence-corrected chi connectivity index (χ2v) is 11.0. The van der Waals surface area contributed by atoms with E-state index in [4.69, 9.17) is 0 Å². The van der Waals surface area contributed by atoms with Crippen LogP contribution >= 0.6 is 15.9 Å². The molecule has 14 heteroatoms. The van der Waals surface area contributed by atoms with Gasteiger partial charge in [-0.1, -0.05) is 28.1 Å². The van der Waals surface area contributed by atoms with E-state index in [0.29, 0.717) is 6.54 Å². The van der Waals surface area contributed by atoms with E-state index in [0.717, 1.165) is 18.2 Å². The van der Waals surface area contributed by atoms with Gasteiger partial charge in [0.2, 0.25) is 5.56 Å². The highest BCUT2D eigenvalue weighted by molar-refractivity contribution is 9.10. The standard InChI is InChI=1S/C27H26BrF4N5O4/c28-14-8-19(26(41)37-7-5-33-16(12-37)13-38)24(20(9-14)27(30,31)32)36-6-4-15(11-36)34-25(40)18-10-22(39)35-23-17(18)2-1-3-21(23)29/h1-3,8-10,15-16,33,38H,4-7,11-13H2,(H,34,40)(H,35,39)/t15-,16?/m1/s1. The lowest BCUT2D eigenvalue weighted by molar-refractivity contribution is -0.137. The molecule has 3 aromatic rings. The lowest BCUT2D eigenvalue weighted by atomic mass is 10.0. The predicted octanol–water partition coefficient (Wildman–Crippen LogP) is 2.86. The molecule has 4 N–H and O–H groups in total. The maximum atomic E-state index is 14.3. The number of aromatic amines is 1. The molecular formula is C27H26BrF4N5O4. The van der Waals surface area contributed by atoms with Crippen molar-refractivity contribution < 1.29 is 32.3 Å². The van der Waals surface area contributed by atoms with Gasteiger partial charge >= 0.3 is 6.18 Å². The number of carbonyl (C=O) groups is 2. The third-order valence-electron chi connectivity index (χ3n) is 7.29. The van der Waals surface area contributed by atoms with Gasteiger partial charge in [0.25, 0.3) is 11.8 Å². The fourth-order valence-electron chi connectivity index (χ4n) is 5.40. The normalized spacial score (nSPS) is 19.6. The number of aliphatic hydroxyl groups excluding tert-OH is 1. The number of para-hydroxylation sites is 1. The van der Waals surface area contributed by atoms with Gasteiger partial charge in [0.15, 0.2) is 0 Å². The number of nitrogens with zero attached hydrogens (tertiary/aromatic N) is 2. The van der Waals surface area contributed by atoms with Crippen LogP contribution in [0.15, 0.2) is 45.7 Å². The molecule has 0 aliphatic carbocycles. The van der Waals surface area contributed by atoms with Crippen LogP contribution in [0.2, 0.25) is 0 Å². The van der Waals surface area contributed by atoms with Crippen molar-refractivity contribution in [3.8, 4) is 0 Å². The summed E-state index contributed by atoms with van der Waals surface area (Å²) in [5, 5.41) is 15.5. The van der Waals surface area contributed by atoms with E-state index in [-0.39, 0.29) is 71.4 Å². The number of hydrogen-bond donors (Lipinski definition) is 4. The summed E-state index contributed by atoms with van der Waals surface area (Å²) in [5.74, 6) is -1.97. The molecule has 5 rings (SSSR count). The molecule has 2 amide bonds. The van der Waals surface area contributed by atoms with E-state index >= 15 is 0 Å². The van der Waals surface area contributed by atoms with Crippen LogP contribution in [0.5, 0.6) is 0 Å². The Morgan fingerprint density at radius 1 is 1.12 bits per heavy atom.